The topological polar surface area (TPSA) is 95.8 Å². The molecule has 0 atom stereocenters. The third kappa shape index (κ3) is 4.35. The monoisotopic (exact) mass is 389 g/mol. The molecule has 134 valence electrons. The summed E-state index contributed by atoms with van der Waals surface area (Å²) in [7, 11) is 0. The number of halogens is 2. The molecule has 3 aromatic rings. The first-order valence-corrected chi connectivity index (χ1v) is 8.65. The maximum absolute atomic E-state index is 12.4. The molecule has 5 N–H and O–H groups in total. The van der Waals surface area contributed by atoms with E-state index < -0.39 is 0 Å². The van der Waals surface area contributed by atoms with Crippen molar-refractivity contribution in [1.82, 2.24) is 9.97 Å². The lowest BCUT2D eigenvalue weighted by atomic mass is 10.2. The van der Waals surface area contributed by atoms with E-state index in [1.54, 1.807) is 12.1 Å². The Hall–Kier alpha value is -2.54. The number of para-hydroxylation sites is 1. The van der Waals surface area contributed by atoms with Gasteiger partial charge in [0.25, 0.3) is 5.56 Å². The van der Waals surface area contributed by atoms with Gasteiger partial charge in [0, 0.05) is 18.8 Å². The van der Waals surface area contributed by atoms with E-state index in [1.165, 1.54) is 0 Å². The number of nitrogens with zero attached hydrogens (tertiary/aromatic N) is 1. The van der Waals surface area contributed by atoms with Crippen LogP contribution in [0, 0.1) is 0 Å². The van der Waals surface area contributed by atoms with Gasteiger partial charge in [0.1, 0.15) is 5.69 Å². The quantitative estimate of drug-likeness (QED) is 0.512. The van der Waals surface area contributed by atoms with E-state index in [9.17, 15) is 4.79 Å². The van der Waals surface area contributed by atoms with Gasteiger partial charge in [-0.1, -0.05) is 47.5 Å². The molecular weight excluding hydrogens is 373 g/mol. The van der Waals surface area contributed by atoms with Crippen LogP contribution in [0.1, 0.15) is 11.3 Å². The minimum absolute atomic E-state index is 0.126. The highest BCUT2D eigenvalue weighted by molar-refractivity contribution is 6.42. The Morgan fingerprint density at radius 1 is 1.08 bits per heavy atom. The van der Waals surface area contributed by atoms with Gasteiger partial charge in [0.05, 0.1) is 15.7 Å². The van der Waals surface area contributed by atoms with Gasteiger partial charge in [-0.2, -0.15) is 0 Å². The summed E-state index contributed by atoms with van der Waals surface area (Å²) in [6.45, 7) is 0.551. The van der Waals surface area contributed by atoms with Crippen LogP contribution < -0.4 is 21.9 Å². The normalized spacial score (nSPS) is 10.6. The molecular formula is C18H17Cl2N5O. The molecule has 0 saturated carbocycles. The van der Waals surface area contributed by atoms with Crippen molar-refractivity contribution >= 4 is 40.5 Å². The molecule has 0 radical (unpaired) electrons. The first-order chi connectivity index (χ1) is 12.6. The van der Waals surface area contributed by atoms with Crippen molar-refractivity contribution in [1.29, 1.82) is 0 Å². The maximum Gasteiger partial charge on any atom is 0.276 e. The second kappa shape index (κ2) is 8.23. The lowest BCUT2D eigenvalue weighted by Crippen LogP contribution is -2.20. The van der Waals surface area contributed by atoms with Crippen molar-refractivity contribution in [3.8, 4) is 0 Å². The average molecular weight is 390 g/mol. The summed E-state index contributed by atoms with van der Waals surface area (Å²) in [6.07, 6.45) is 0. The van der Waals surface area contributed by atoms with Gasteiger partial charge < -0.3 is 16.4 Å². The van der Waals surface area contributed by atoms with Crippen molar-refractivity contribution in [2.24, 2.45) is 5.73 Å². The van der Waals surface area contributed by atoms with E-state index in [1.807, 2.05) is 36.4 Å². The first-order valence-electron chi connectivity index (χ1n) is 7.90. The smallest absolute Gasteiger partial charge is 0.276 e. The van der Waals surface area contributed by atoms with Crippen molar-refractivity contribution < 1.29 is 0 Å². The second-order valence-electron chi connectivity index (χ2n) is 5.53. The minimum Gasteiger partial charge on any atom is -0.352 e. The van der Waals surface area contributed by atoms with Gasteiger partial charge in [-0.15, -0.1) is 0 Å². The Balaban J connectivity index is 1.80. The molecule has 0 bridgehead atoms. The predicted octanol–water partition coefficient (Wildman–Crippen LogP) is 3.89. The van der Waals surface area contributed by atoms with Gasteiger partial charge in [-0.05, 0) is 29.8 Å². The van der Waals surface area contributed by atoms with Crippen LogP contribution in [0.25, 0.3) is 0 Å². The number of aromatic amines is 1. The van der Waals surface area contributed by atoms with E-state index in [0.717, 1.165) is 11.3 Å². The van der Waals surface area contributed by atoms with Crippen LogP contribution in [-0.4, -0.2) is 9.97 Å². The number of hydrogen-bond acceptors (Lipinski definition) is 5. The zero-order valence-corrected chi connectivity index (χ0v) is 15.2. The summed E-state index contributed by atoms with van der Waals surface area (Å²) in [6, 6.07) is 14.7. The van der Waals surface area contributed by atoms with Crippen molar-refractivity contribution in [3.05, 3.63) is 80.2 Å². The lowest BCUT2D eigenvalue weighted by molar-refractivity contribution is 0.940. The highest BCUT2D eigenvalue weighted by Gasteiger charge is 2.11. The van der Waals surface area contributed by atoms with Crippen molar-refractivity contribution in [3.63, 3.8) is 0 Å². The summed E-state index contributed by atoms with van der Waals surface area (Å²) < 4.78 is 0. The molecule has 0 unspecified atom stereocenters. The van der Waals surface area contributed by atoms with Crippen LogP contribution >= 0.6 is 23.2 Å². The fourth-order valence-electron chi connectivity index (χ4n) is 2.38. The number of H-pyrrole nitrogens is 1. The number of rotatable bonds is 6. The van der Waals surface area contributed by atoms with Crippen LogP contribution in [0.15, 0.2) is 53.3 Å². The molecule has 3 rings (SSSR count). The van der Waals surface area contributed by atoms with Crippen LogP contribution in [0.4, 0.5) is 17.3 Å². The van der Waals surface area contributed by atoms with Gasteiger partial charge in [-0.25, -0.2) is 4.98 Å². The van der Waals surface area contributed by atoms with Gasteiger partial charge in [0.2, 0.25) is 5.95 Å². The van der Waals surface area contributed by atoms with Gasteiger partial charge >= 0.3 is 0 Å². The van der Waals surface area contributed by atoms with Crippen molar-refractivity contribution in [2.45, 2.75) is 13.1 Å². The lowest BCUT2D eigenvalue weighted by Gasteiger charge is -2.12. The summed E-state index contributed by atoms with van der Waals surface area (Å²) >= 11 is 11.9. The summed E-state index contributed by atoms with van der Waals surface area (Å²) in [5.74, 6) is 0.333. The number of aromatic nitrogens is 2. The zero-order valence-electron chi connectivity index (χ0n) is 13.7. The largest absolute Gasteiger partial charge is 0.352 e. The predicted molar refractivity (Wildman–Crippen MR) is 106 cm³/mol. The first kappa shape index (κ1) is 18.3. The maximum atomic E-state index is 12.4. The summed E-state index contributed by atoms with van der Waals surface area (Å²) in [5.41, 5.74) is 7.95. The highest BCUT2D eigenvalue weighted by Crippen LogP contribution is 2.23. The molecule has 0 aliphatic heterocycles. The van der Waals surface area contributed by atoms with E-state index in [0.29, 0.717) is 33.9 Å². The van der Waals surface area contributed by atoms with E-state index in [2.05, 4.69) is 20.6 Å². The average Bonchev–Trinajstić information content (AvgIpc) is 2.65. The standard InChI is InChI=1S/C18H17Cl2N5O/c19-13-7-6-11(8-14(13)20)10-22-18-24-15(9-21)16(17(26)25-18)23-12-4-2-1-3-5-12/h1-8,23H,9-10,21H2,(H2,22,24,25,26). The Labute approximate surface area is 160 Å². The van der Waals surface area contributed by atoms with Gasteiger partial charge in [-0.3, -0.25) is 9.78 Å². The van der Waals surface area contributed by atoms with Gasteiger partial charge in [0.15, 0.2) is 0 Å². The third-order valence-corrected chi connectivity index (χ3v) is 4.41. The number of nitrogens with two attached hydrogens (primary N) is 1. The molecule has 1 heterocycles. The molecule has 0 spiro atoms. The fourth-order valence-corrected chi connectivity index (χ4v) is 2.70. The van der Waals surface area contributed by atoms with Crippen LogP contribution in [0.3, 0.4) is 0 Å². The Morgan fingerprint density at radius 3 is 2.54 bits per heavy atom. The number of benzene rings is 2. The van der Waals surface area contributed by atoms with E-state index in [4.69, 9.17) is 28.9 Å². The molecule has 0 amide bonds. The fraction of sp³-hybridized carbons (Fsp3) is 0.111. The second-order valence-corrected chi connectivity index (χ2v) is 6.35. The molecule has 0 aliphatic rings. The molecule has 0 fully saturated rings. The number of hydrogen-bond donors (Lipinski definition) is 4. The van der Waals surface area contributed by atoms with Crippen LogP contribution in [-0.2, 0) is 13.1 Å². The Kier molecular flexibility index (Phi) is 5.78. The van der Waals surface area contributed by atoms with E-state index in [-0.39, 0.29) is 12.1 Å². The molecule has 8 heteroatoms. The third-order valence-electron chi connectivity index (χ3n) is 3.67. The minimum atomic E-state index is -0.305. The van der Waals surface area contributed by atoms with Crippen LogP contribution in [0.2, 0.25) is 10.0 Å². The Morgan fingerprint density at radius 2 is 1.85 bits per heavy atom. The zero-order chi connectivity index (χ0) is 18.5. The summed E-state index contributed by atoms with van der Waals surface area (Å²) in [5, 5.41) is 7.08. The molecule has 1 aromatic heterocycles. The molecule has 26 heavy (non-hydrogen) atoms. The SMILES string of the molecule is NCc1nc(NCc2ccc(Cl)c(Cl)c2)[nH]c(=O)c1Nc1ccccc1. The highest BCUT2D eigenvalue weighted by atomic mass is 35.5. The molecule has 0 aliphatic carbocycles. The van der Waals surface area contributed by atoms with E-state index >= 15 is 0 Å². The number of nitrogens with one attached hydrogen (secondary N) is 3. The molecule has 6 nitrogen and oxygen atoms in total. The van der Waals surface area contributed by atoms with Crippen LogP contribution in [0.5, 0.6) is 0 Å². The Bertz CT molecular complexity index is 960. The molecule has 2 aromatic carbocycles. The van der Waals surface area contributed by atoms with Crippen molar-refractivity contribution in [2.75, 3.05) is 10.6 Å². The number of anilines is 3. The summed E-state index contributed by atoms with van der Waals surface area (Å²) in [4.78, 5) is 19.5. The molecule has 0 saturated heterocycles.